The average Bonchev–Trinajstić information content (AvgIpc) is 2.99. The molecule has 1 N–H and O–H groups in total. The molecule has 156 valence electrons. The molecule has 1 saturated heterocycles. The summed E-state index contributed by atoms with van der Waals surface area (Å²) in [5.41, 5.74) is 0.468. The van der Waals surface area contributed by atoms with E-state index in [-0.39, 0.29) is 29.5 Å². The van der Waals surface area contributed by atoms with Gasteiger partial charge in [-0.25, -0.2) is 13.7 Å². The third-order valence-corrected chi connectivity index (χ3v) is 5.69. The number of anilines is 1. The summed E-state index contributed by atoms with van der Waals surface area (Å²) in [5.74, 6) is -3.19. The zero-order valence-electron chi connectivity index (χ0n) is 15.9. The Labute approximate surface area is 177 Å². The minimum absolute atomic E-state index is 0.0293. The van der Waals surface area contributed by atoms with Crippen molar-refractivity contribution >= 4 is 34.7 Å². The third-order valence-electron chi connectivity index (χ3n) is 5.44. The maximum Gasteiger partial charge on any atom is 0.282 e. The number of nitrogens with zero attached hydrogens (tertiary/aromatic N) is 2. The van der Waals surface area contributed by atoms with Crippen LogP contribution in [0.25, 0.3) is 5.57 Å². The molecule has 30 heavy (non-hydrogen) atoms. The van der Waals surface area contributed by atoms with Crippen LogP contribution in [0.5, 0.6) is 0 Å². The molecule has 1 fully saturated rings. The minimum atomic E-state index is -1.000. The van der Waals surface area contributed by atoms with Crippen LogP contribution in [0.15, 0.2) is 48.2 Å². The van der Waals surface area contributed by atoms with Crippen molar-refractivity contribution in [1.29, 1.82) is 0 Å². The molecule has 2 aliphatic rings. The molecule has 2 heterocycles. The monoisotopic (exact) mass is 432 g/mol. The molecule has 2 aliphatic heterocycles. The first-order valence-corrected chi connectivity index (χ1v) is 9.98. The van der Waals surface area contributed by atoms with Crippen molar-refractivity contribution in [2.75, 3.05) is 24.6 Å². The van der Waals surface area contributed by atoms with Gasteiger partial charge in [-0.1, -0.05) is 23.7 Å². The normalized spacial score (nSPS) is 19.8. The van der Waals surface area contributed by atoms with Crippen LogP contribution >= 0.6 is 11.6 Å². The number of aliphatic hydroxyl groups excluding tert-OH is 1. The summed E-state index contributed by atoms with van der Waals surface area (Å²) in [4.78, 5) is 29.2. The van der Waals surface area contributed by atoms with Crippen LogP contribution in [0.3, 0.4) is 0 Å². The number of benzene rings is 2. The van der Waals surface area contributed by atoms with Crippen LogP contribution in [-0.2, 0) is 9.59 Å². The Morgan fingerprint density at radius 3 is 2.47 bits per heavy atom. The van der Waals surface area contributed by atoms with Crippen molar-refractivity contribution in [2.24, 2.45) is 5.92 Å². The second-order valence-corrected chi connectivity index (χ2v) is 7.85. The lowest BCUT2D eigenvalue weighted by atomic mass is 9.97. The van der Waals surface area contributed by atoms with Gasteiger partial charge in [0.25, 0.3) is 11.8 Å². The molecule has 0 spiro atoms. The maximum absolute atomic E-state index is 14.4. The molecule has 2 aromatic carbocycles. The Bertz CT molecular complexity index is 1040. The SMILES string of the molecule is O=C1C(c2ccc(Cl)cc2)=C(N2CCCC(CO)C2)C(=O)N1c1ccc(F)cc1F. The number of piperidine rings is 1. The van der Waals surface area contributed by atoms with Gasteiger partial charge in [0.2, 0.25) is 0 Å². The summed E-state index contributed by atoms with van der Waals surface area (Å²) in [7, 11) is 0. The average molecular weight is 433 g/mol. The molecule has 2 amide bonds. The summed E-state index contributed by atoms with van der Waals surface area (Å²) in [6.07, 6.45) is 1.56. The molecule has 0 bridgehead atoms. The molecule has 5 nitrogen and oxygen atoms in total. The molecule has 8 heteroatoms. The summed E-state index contributed by atoms with van der Waals surface area (Å²) >= 11 is 5.96. The van der Waals surface area contributed by atoms with Gasteiger partial charge in [-0.15, -0.1) is 0 Å². The number of hydrogen-bond donors (Lipinski definition) is 1. The molecular weight excluding hydrogens is 414 g/mol. The Morgan fingerprint density at radius 1 is 1.07 bits per heavy atom. The number of likely N-dealkylation sites (tertiary alicyclic amines) is 1. The van der Waals surface area contributed by atoms with Crippen molar-refractivity contribution in [1.82, 2.24) is 4.90 Å². The number of carbonyl (C=O) groups is 2. The van der Waals surface area contributed by atoms with Gasteiger partial charge < -0.3 is 10.0 Å². The van der Waals surface area contributed by atoms with Gasteiger partial charge in [0, 0.05) is 30.8 Å². The van der Waals surface area contributed by atoms with E-state index in [2.05, 4.69) is 0 Å². The molecule has 1 atom stereocenters. The predicted octanol–water partition coefficient (Wildman–Crippen LogP) is 3.61. The number of rotatable bonds is 4. The van der Waals surface area contributed by atoms with E-state index in [4.69, 9.17) is 11.6 Å². The highest BCUT2D eigenvalue weighted by Gasteiger charge is 2.44. The largest absolute Gasteiger partial charge is 0.396 e. The standard InChI is InChI=1S/C22H19ClF2N2O3/c23-15-5-3-14(4-6-15)19-20(26-9-1-2-13(11-26)12-28)22(30)27(21(19)29)18-8-7-16(24)10-17(18)25/h3-8,10,13,28H,1-2,9,11-12H2. The number of hydrogen-bond acceptors (Lipinski definition) is 4. The number of carbonyl (C=O) groups excluding carboxylic acids is 2. The van der Waals surface area contributed by atoms with Crippen LogP contribution in [0.2, 0.25) is 5.02 Å². The van der Waals surface area contributed by atoms with Gasteiger partial charge >= 0.3 is 0 Å². The number of imide groups is 1. The van der Waals surface area contributed by atoms with Crippen LogP contribution in [0.4, 0.5) is 14.5 Å². The van der Waals surface area contributed by atoms with E-state index in [0.717, 1.165) is 29.9 Å². The molecule has 1 unspecified atom stereocenters. The van der Waals surface area contributed by atoms with Crippen molar-refractivity contribution in [3.63, 3.8) is 0 Å². The van der Waals surface area contributed by atoms with E-state index >= 15 is 0 Å². The number of halogens is 3. The molecule has 4 rings (SSSR count). The molecule has 0 aliphatic carbocycles. The molecular formula is C22H19ClF2N2O3. The Balaban J connectivity index is 1.83. The second kappa shape index (κ2) is 8.16. The summed E-state index contributed by atoms with van der Waals surface area (Å²) in [5, 5.41) is 10.0. The first kappa shape index (κ1) is 20.5. The van der Waals surface area contributed by atoms with Crippen molar-refractivity contribution in [2.45, 2.75) is 12.8 Å². The Hall–Kier alpha value is -2.77. The Morgan fingerprint density at radius 2 is 1.80 bits per heavy atom. The van der Waals surface area contributed by atoms with Crippen LogP contribution in [0, 0.1) is 17.6 Å². The fourth-order valence-electron chi connectivity index (χ4n) is 3.99. The highest BCUT2D eigenvalue weighted by Crippen LogP contribution is 2.37. The quantitative estimate of drug-likeness (QED) is 0.750. The second-order valence-electron chi connectivity index (χ2n) is 7.41. The van der Waals surface area contributed by atoms with Crippen molar-refractivity contribution < 1.29 is 23.5 Å². The topological polar surface area (TPSA) is 60.9 Å². The zero-order chi connectivity index (χ0) is 21.4. The molecule has 2 aromatic rings. The first-order valence-electron chi connectivity index (χ1n) is 9.60. The number of aliphatic hydroxyl groups is 1. The van der Waals surface area contributed by atoms with Crippen molar-refractivity contribution in [3.8, 4) is 0 Å². The molecule has 0 aromatic heterocycles. The smallest absolute Gasteiger partial charge is 0.282 e. The van der Waals surface area contributed by atoms with Crippen LogP contribution in [0.1, 0.15) is 18.4 Å². The zero-order valence-corrected chi connectivity index (χ0v) is 16.7. The van der Waals surface area contributed by atoms with E-state index in [1.165, 1.54) is 0 Å². The summed E-state index contributed by atoms with van der Waals surface area (Å²) in [6, 6.07) is 9.18. The first-order chi connectivity index (χ1) is 14.4. The van der Waals surface area contributed by atoms with Gasteiger partial charge in [-0.2, -0.15) is 0 Å². The lowest BCUT2D eigenvalue weighted by Gasteiger charge is -2.34. The molecule has 0 radical (unpaired) electrons. The minimum Gasteiger partial charge on any atom is -0.396 e. The number of amides is 2. The third kappa shape index (κ3) is 3.59. The van der Waals surface area contributed by atoms with Crippen molar-refractivity contribution in [3.05, 3.63) is 70.4 Å². The summed E-state index contributed by atoms with van der Waals surface area (Å²) < 4.78 is 27.8. The highest BCUT2D eigenvalue weighted by atomic mass is 35.5. The fraction of sp³-hybridized carbons (Fsp3) is 0.273. The lowest BCUT2D eigenvalue weighted by molar-refractivity contribution is -0.121. The van der Waals surface area contributed by atoms with Gasteiger partial charge in [0.05, 0.1) is 11.3 Å². The fourth-order valence-corrected chi connectivity index (χ4v) is 4.11. The lowest BCUT2D eigenvalue weighted by Crippen LogP contribution is -2.40. The van der Waals surface area contributed by atoms with E-state index in [1.54, 1.807) is 29.2 Å². The summed E-state index contributed by atoms with van der Waals surface area (Å²) in [6.45, 7) is 0.905. The Kier molecular flexibility index (Phi) is 5.58. The van der Waals surface area contributed by atoms with Crippen LogP contribution in [-0.4, -0.2) is 41.5 Å². The van der Waals surface area contributed by atoms with Gasteiger partial charge in [-0.3, -0.25) is 9.59 Å². The van der Waals surface area contributed by atoms with Gasteiger partial charge in [0.1, 0.15) is 17.3 Å². The van der Waals surface area contributed by atoms with E-state index in [1.807, 2.05) is 0 Å². The predicted molar refractivity (Wildman–Crippen MR) is 109 cm³/mol. The highest BCUT2D eigenvalue weighted by molar-refractivity contribution is 6.45. The molecule has 0 saturated carbocycles. The van der Waals surface area contributed by atoms with E-state index in [0.29, 0.717) is 29.7 Å². The van der Waals surface area contributed by atoms with Crippen LogP contribution < -0.4 is 4.90 Å². The maximum atomic E-state index is 14.4. The van der Waals surface area contributed by atoms with E-state index in [9.17, 15) is 23.5 Å². The van der Waals surface area contributed by atoms with Gasteiger partial charge in [-0.05, 0) is 48.6 Å². The van der Waals surface area contributed by atoms with Gasteiger partial charge in [0.15, 0.2) is 0 Å². The van der Waals surface area contributed by atoms with E-state index < -0.39 is 23.4 Å².